The van der Waals surface area contributed by atoms with Crippen molar-refractivity contribution >= 4 is 29.0 Å². The molecule has 1 heterocycles. The van der Waals surface area contributed by atoms with Crippen LogP contribution in [0.15, 0.2) is 102 Å². The van der Waals surface area contributed by atoms with Crippen LogP contribution < -0.4 is 4.90 Å². The number of nitrogens with zero attached hydrogens (tertiary/aromatic N) is 3. The Morgan fingerprint density at radius 3 is 2.16 bits per heavy atom. The summed E-state index contributed by atoms with van der Waals surface area (Å²) in [6, 6.07) is 34.4. The lowest BCUT2D eigenvalue weighted by Crippen LogP contribution is -2.34. The number of rotatable bonds is 7. The van der Waals surface area contributed by atoms with Gasteiger partial charge in [-0.3, -0.25) is 9.69 Å². The number of para-hydroxylation sites is 2. The lowest BCUT2D eigenvalue weighted by Gasteiger charge is -2.28. The molecule has 0 saturated carbocycles. The van der Waals surface area contributed by atoms with Crippen molar-refractivity contribution < 1.29 is 4.79 Å². The summed E-state index contributed by atoms with van der Waals surface area (Å²) in [6.07, 6.45) is 3.42. The monoisotopic (exact) mass is 503 g/mol. The van der Waals surface area contributed by atoms with Crippen LogP contribution in [0.5, 0.6) is 0 Å². The second kappa shape index (κ2) is 11.5. The summed E-state index contributed by atoms with van der Waals surface area (Å²) in [5, 5.41) is 10.3. The molecule has 1 aromatic heterocycles. The van der Waals surface area contributed by atoms with E-state index >= 15 is 0 Å². The number of hydrogen-bond donors (Lipinski definition) is 0. The first-order valence-electron chi connectivity index (χ1n) is 12.8. The van der Waals surface area contributed by atoms with Gasteiger partial charge in [0.05, 0.1) is 10.8 Å². The zero-order valence-corrected chi connectivity index (χ0v) is 21.7. The number of benzene rings is 3. The second-order valence-electron chi connectivity index (χ2n) is 9.27. The van der Waals surface area contributed by atoms with Gasteiger partial charge in [-0.25, -0.2) is 4.98 Å². The minimum atomic E-state index is -0.376. The highest BCUT2D eigenvalue weighted by atomic mass is 32.2. The Kier molecular flexibility index (Phi) is 7.67. The molecule has 0 aliphatic heterocycles. The molecule has 0 radical (unpaired) electrons. The van der Waals surface area contributed by atoms with Crippen molar-refractivity contribution in [2.45, 2.75) is 48.8 Å². The first kappa shape index (κ1) is 24.8. The summed E-state index contributed by atoms with van der Waals surface area (Å²) >= 11 is 1.41. The number of aromatic nitrogens is 1. The van der Waals surface area contributed by atoms with Crippen molar-refractivity contribution in [2.24, 2.45) is 0 Å². The highest BCUT2D eigenvalue weighted by molar-refractivity contribution is 8.00. The standard InChI is InChI=1S/C32H29N3OS/c1-2-30(32(36)35(27-14-8-4-9-15-27)28-16-10-5-11-17-28)37-31-26(22-33)21-25-20-24(18-19-29(25)34-31)23-12-6-3-7-13-23/h3-17,21,24,30H,2,18-20H2,1H3. The maximum atomic E-state index is 14.0. The molecule has 3 aromatic carbocycles. The van der Waals surface area contributed by atoms with Crippen molar-refractivity contribution in [1.29, 1.82) is 5.26 Å². The molecule has 0 N–H and O–H groups in total. The van der Waals surface area contributed by atoms with E-state index in [0.29, 0.717) is 22.9 Å². The zero-order valence-electron chi connectivity index (χ0n) is 20.9. The molecule has 2 atom stereocenters. The number of hydrogen-bond acceptors (Lipinski definition) is 4. The maximum Gasteiger partial charge on any atom is 0.245 e. The van der Waals surface area contributed by atoms with Gasteiger partial charge in [0.25, 0.3) is 0 Å². The van der Waals surface area contributed by atoms with Crippen LogP contribution in [0.2, 0.25) is 0 Å². The van der Waals surface area contributed by atoms with Gasteiger partial charge in [-0.05, 0) is 73.1 Å². The van der Waals surface area contributed by atoms with Gasteiger partial charge in [-0.1, -0.05) is 85.4 Å². The number of thioether (sulfide) groups is 1. The predicted molar refractivity (Wildman–Crippen MR) is 150 cm³/mol. The second-order valence-corrected chi connectivity index (χ2v) is 10.5. The number of fused-ring (bicyclic) bond motifs is 1. The summed E-state index contributed by atoms with van der Waals surface area (Å²) in [6.45, 7) is 2.01. The summed E-state index contributed by atoms with van der Waals surface area (Å²) in [5.41, 5.74) is 5.74. The predicted octanol–water partition coefficient (Wildman–Crippen LogP) is 7.46. The molecule has 5 rings (SSSR count). The lowest BCUT2D eigenvalue weighted by atomic mass is 9.82. The third kappa shape index (κ3) is 5.45. The van der Waals surface area contributed by atoms with Gasteiger partial charge in [0.1, 0.15) is 11.1 Å². The van der Waals surface area contributed by atoms with Crippen molar-refractivity contribution in [3.8, 4) is 6.07 Å². The minimum absolute atomic E-state index is 0.0162. The fourth-order valence-electron chi connectivity index (χ4n) is 4.97. The van der Waals surface area contributed by atoms with E-state index in [2.05, 4.69) is 30.3 Å². The van der Waals surface area contributed by atoms with E-state index in [1.807, 2.05) is 79.7 Å². The number of carbonyl (C=O) groups excluding carboxylic acids is 1. The Morgan fingerprint density at radius 2 is 1.59 bits per heavy atom. The molecule has 184 valence electrons. The first-order chi connectivity index (χ1) is 18.2. The topological polar surface area (TPSA) is 57.0 Å². The molecule has 4 aromatic rings. The fourth-order valence-corrected chi connectivity index (χ4v) is 6.01. The smallest absolute Gasteiger partial charge is 0.245 e. The molecular weight excluding hydrogens is 474 g/mol. The molecule has 0 spiro atoms. The molecule has 0 fully saturated rings. The van der Waals surface area contributed by atoms with E-state index in [1.54, 1.807) is 4.90 Å². The van der Waals surface area contributed by atoms with E-state index in [-0.39, 0.29) is 11.2 Å². The van der Waals surface area contributed by atoms with Crippen LogP contribution in [0.3, 0.4) is 0 Å². The third-order valence-electron chi connectivity index (χ3n) is 6.89. The van der Waals surface area contributed by atoms with Gasteiger partial charge < -0.3 is 0 Å². The number of nitriles is 1. The molecule has 1 amide bonds. The van der Waals surface area contributed by atoms with Gasteiger partial charge in [-0.2, -0.15) is 5.26 Å². The van der Waals surface area contributed by atoms with Gasteiger partial charge in [0.2, 0.25) is 5.91 Å². The Morgan fingerprint density at radius 1 is 1.00 bits per heavy atom. The van der Waals surface area contributed by atoms with Crippen LogP contribution in [-0.4, -0.2) is 16.1 Å². The number of amides is 1. The molecule has 37 heavy (non-hydrogen) atoms. The van der Waals surface area contributed by atoms with Crippen molar-refractivity contribution in [2.75, 3.05) is 4.90 Å². The molecule has 1 aliphatic rings. The van der Waals surface area contributed by atoms with Crippen molar-refractivity contribution in [3.05, 3.63) is 119 Å². The maximum absolute atomic E-state index is 14.0. The SMILES string of the molecule is CCC(Sc1nc2c(cc1C#N)CC(c1ccccc1)CC2)C(=O)N(c1ccccc1)c1ccccc1. The van der Waals surface area contributed by atoms with Crippen molar-refractivity contribution in [3.63, 3.8) is 0 Å². The molecule has 2 unspecified atom stereocenters. The minimum Gasteiger partial charge on any atom is -0.280 e. The van der Waals surface area contributed by atoms with E-state index in [9.17, 15) is 10.1 Å². The summed E-state index contributed by atoms with van der Waals surface area (Å²) in [7, 11) is 0. The molecule has 5 heteroatoms. The van der Waals surface area contributed by atoms with Crippen LogP contribution in [0.4, 0.5) is 11.4 Å². The van der Waals surface area contributed by atoms with Crippen LogP contribution in [0.25, 0.3) is 0 Å². The van der Waals surface area contributed by atoms with E-state index in [1.165, 1.54) is 17.3 Å². The van der Waals surface area contributed by atoms with Gasteiger partial charge in [-0.15, -0.1) is 0 Å². The highest BCUT2D eigenvalue weighted by Gasteiger charge is 2.29. The van der Waals surface area contributed by atoms with Gasteiger partial charge in [0, 0.05) is 17.1 Å². The Labute approximate surface area is 223 Å². The number of pyridine rings is 1. The summed E-state index contributed by atoms with van der Waals surface area (Å²) in [5.74, 6) is 0.424. The largest absolute Gasteiger partial charge is 0.280 e. The third-order valence-corrected chi connectivity index (χ3v) is 8.25. The van der Waals surface area contributed by atoms with Crippen LogP contribution in [-0.2, 0) is 17.6 Å². The van der Waals surface area contributed by atoms with E-state index in [0.717, 1.165) is 41.9 Å². The zero-order chi connectivity index (χ0) is 25.6. The molecular formula is C32H29N3OS. The number of anilines is 2. The summed E-state index contributed by atoms with van der Waals surface area (Å²) in [4.78, 5) is 20.7. The average molecular weight is 504 g/mol. The van der Waals surface area contributed by atoms with Crippen molar-refractivity contribution in [1.82, 2.24) is 4.98 Å². The average Bonchev–Trinajstić information content (AvgIpc) is 2.96. The van der Waals surface area contributed by atoms with Crippen LogP contribution in [0.1, 0.15) is 48.1 Å². The normalized spacial score (nSPS) is 15.3. The lowest BCUT2D eigenvalue weighted by molar-refractivity contribution is -0.117. The molecule has 4 nitrogen and oxygen atoms in total. The Bertz CT molecular complexity index is 1360. The highest BCUT2D eigenvalue weighted by Crippen LogP contribution is 2.37. The Hall–Kier alpha value is -3.88. The van der Waals surface area contributed by atoms with Gasteiger partial charge in [0.15, 0.2) is 0 Å². The first-order valence-corrected chi connectivity index (χ1v) is 13.6. The quantitative estimate of drug-likeness (QED) is 0.246. The van der Waals surface area contributed by atoms with E-state index in [4.69, 9.17) is 4.98 Å². The molecule has 0 saturated heterocycles. The Balaban J connectivity index is 1.43. The number of carbonyl (C=O) groups is 1. The van der Waals surface area contributed by atoms with E-state index < -0.39 is 0 Å². The van der Waals surface area contributed by atoms with Gasteiger partial charge >= 0.3 is 0 Å². The van der Waals surface area contributed by atoms with Crippen LogP contribution >= 0.6 is 11.8 Å². The fraction of sp³-hybridized carbons (Fsp3) is 0.219. The summed E-state index contributed by atoms with van der Waals surface area (Å²) < 4.78 is 0. The number of aryl methyl sites for hydroxylation is 1. The molecule has 0 bridgehead atoms. The van der Waals surface area contributed by atoms with Crippen LogP contribution in [0, 0.1) is 11.3 Å². The molecule has 1 aliphatic carbocycles.